The molecule has 2 aromatic heterocycles. The minimum absolute atomic E-state index is 0.227. The molecule has 0 saturated heterocycles. The summed E-state index contributed by atoms with van der Waals surface area (Å²) in [6.07, 6.45) is 3.39. The van der Waals surface area contributed by atoms with E-state index in [1.807, 2.05) is 6.92 Å². The third kappa shape index (κ3) is 2.55. The van der Waals surface area contributed by atoms with Gasteiger partial charge in [-0.15, -0.1) is 0 Å². The number of benzene rings is 1. The first-order chi connectivity index (χ1) is 10.2. The van der Waals surface area contributed by atoms with Crippen molar-refractivity contribution in [2.24, 2.45) is 0 Å². The van der Waals surface area contributed by atoms with Gasteiger partial charge in [-0.3, -0.25) is 4.68 Å². The van der Waals surface area contributed by atoms with E-state index in [0.29, 0.717) is 22.5 Å². The van der Waals surface area contributed by atoms with Gasteiger partial charge >= 0.3 is 5.97 Å². The molecule has 6 heteroatoms. The van der Waals surface area contributed by atoms with Gasteiger partial charge in [0.2, 0.25) is 5.88 Å². The predicted octanol–water partition coefficient (Wildman–Crippen LogP) is 2.94. The molecule has 0 bridgehead atoms. The molecule has 0 atom stereocenters. The highest BCUT2D eigenvalue weighted by molar-refractivity contribution is 6.02. The van der Waals surface area contributed by atoms with E-state index in [1.165, 1.54) is 0 Å². The number of carbonyl (C=O) groups is 1. The van der Waals surface area contributed by atoms with Crippen LogP contribution in [0.2, 0.25) is 0 Å². The second-order valence-corrected chi connectivity index (χ2v) is 4.46. The maximum absolute atomic E-state index is 11.2. The predicted molar refractivity (Wildman–Crippen MR) is 76.7 cm³/mol. The molecule has 0 saturated carbocycles. The Morgan fingerprint density at radius 1 is 1.33 bits per heavy atom. The number of ether oxygens (including phenoxy) is 1. The maximum atomic E-state index is 11.2. The van der Waals surface area contributed by atoms with E-state index < -0.39 is 5.97 Å². The monoisotopic (exact) mass is 283 g/mol. The summed E-state index contributed by atoms with van der Waals surface area (Å²) in [7, 11) is 0. The average molecular weight is 283 g/mol. The smallest absolute Gasteiger partial charge is 0.336 e. The van der Waals surface area contributed by atoms with Crippen LogP contribution in [0.5, 0.6) is 11.6 Å². The summed E-state index contributed by atoms with van der Waals surface area (Å²) in [4.78, 5) is 15.5. The molecule has 106 valence electrons. The first-order valence-electron chi connectivity index (χ1n) is 6.50. The van der Waals surface area contributed by atoms with Crippen LogP contribution < -0.4 is 4.74 Å². The van der Waals surface area contributed by atoms with Gasteiger partial charge in [0.1, 0.15) is 0 Å². The van der Waals surface area contributed by atoms with Crippen LogP contribution in [0.4, 0.5) is 0 Å². The summed E-state index contributed by atoms with van der Waals surface area (Å²) in [5.74, 6) is 0.0269. The fourth-order valence-corrected chi connectivity index (χ4v) is 2.07. The third-order valence-corrected chi connectivity index (χ3v) is 3.09. The second kappa shape index (κ2) is 5.24. The van der Waals surface area contributed by atoms with Crippen molar-refractivity contribution in [1.82, 2.24) is 14.8 Å². The number of rotatable bonds is 4. The van der Waals surface area contributed by atoms with E-state index >= 15 is 0 Å². The minimum Gasteiger partial charge on any atom is -0.478 e. The van der Waals surface area contributed by atoms with E-state index in [9.17, 15) is 4.79 Å². The molecule has 0 aliphatic heterocycles. The summed E-state index contributed by atoms with van der Waals surface area (Å²) in [6.45, 7) is 2.75. The van der Waals surface area contributed by atoms with Crippen LogP contribution in [-0.4, -0.2) is 25.8 Å². The zero-order valence-electron chi connectivity index (χ0n) is 11.4. The Kier molecular flexibility index (Phi) is 3.27. The van der Waals surface area contributed by atoms with Crippen LogP contribution in [0.3, 0.4) is 0 Å². The Labute approximate surface area is 120 Å². The SMILES string of the molecule is CCn1cc(Oc2ccc3c(C(=O)O)cccc3n2)cn1. The van der Waals surface area contributed by atoms with Crippen molar-refractivity contribution in [1.29, 1.82) is 0 Å². The number of aromatic nitrogens is 3. The number of aryl methyl sites for hydroxylation is 1. The van der Waals surface area contributed by atoms with Crippen LogP contribution in [0, 0.1) is 0 Å². The molecule has 0 spiro atoms. The quantitative estimate of drug-likeness (QED) is 0.796. The molecule has 0 fully saturated rings. The van der Waals surface area contributed by atoms with Gasteiger partial charge in [0.15, 0.2) is 5.75 Å². The van der Waals surface area contributed by atoms with E-state index in [0.717, 1.165) is 6.54 Å². The van der Waals surface area contributed by atoms with Crippen LogP contribution in [0.25, 0.3) is 10.9 Å². The molecular formula is C15H13N3O3. The highest BCUT2D eigenvalue weighted by atomic mass is 16.5. The third-order valence-electron chi connectivity index (χ3n) is 3.09. The minimum atomic E-state index is -0.972. The van der Waals surface area contributed by atoms with Gasteiger partial charge in [0.25, 0.3) is 0 Å². The molecule has 3 rings (SSSR count). The van der Waals surface area contributed by atoms with E-state index in [4.69, 9.17) is 9.84 Å². The van der Waals surface area contributed by atoms with Gasteiger partial charge in [0.05, 0.1) is 23.5 Å². The number of carboxylic acid groups (broad SMARTS) is 1. The molecule has 0 unspecified atom stereocenters. The Morgan fingerprint density at radius 3 is 2.90 bits per heavy atom. The Bertz CT molecular complexity index is 811. The van der Waals surface area contributed by atoms with Gasteiger partial charge in [-0.1, -0.05) is 6.07 Å². The molecule has 2 heterocycles. The lowest BCUT2D eigenvalue weighted by molar-refractivity contribution is 0.0699. The van der Waals surface area contributed by atoms with Gasteiger partial charge in [-0.25, -0.2) is 9.78 Å². The number of fused-ring (bicyclic) bond motifs is 1. The Hall–Kier alpha value is -2.89. The summed E-state index contributed by atoms with van der Waals surface area (Å²) in [6, 6.07) is 8.32. The second-order valence-electron chi connectivity index (χ2n) is 4.46. The lowest BCUT2D eigenvalue weighted by atomic mass is 10.1. The normalized spacial score (nSPS) is 10.7. The molecule has 0 aliphatic carbocycles. The number of hydrogen-bond donors (Lipinski definition) is 1. The highest BCUT2D eigenvalue weighted by Gasteiger charge is 2.10. The van der Waals surface area contributed by atoms with Gasteiger partial charge < -0.3 is 9.84 Å². The van der Waals surface area contributed by atoms with Crippen molar-refractivity contribution < 1.29 is 14.6 Å². The van der Waals surface area contributed by atoms with Crippen LogP contribution in [-0.2, 0) is 6.54 Å². The molecule has 0 amide bonds. The fraction of sp³-hybridized carbons (Fsp3) is 0.133. The summed E-state index contributed by atoms with van der Waals surface area (Å²) >= 11 is 0. The number of hydrogen-bond acceptors (Lipinski definition) is 4. The van der Waals surface area contributed by atoms with Crippen molar-refractivity contribution in [2.75, 3.05) is 0 Å². The lowest BCUT2D eigenvalue weighted by Crippen LogP contribution is -1.98. The largest absolute Gasteiger partial charge is 0.478 e. The topological polar surface area (TPSA) is 77.2 Å². The Morgan fingerprint density at radius 2 is 2.19 bits per heavy atom. The van der Waals surface area contributed by atoms with Gasteiger partial charge in [0, 0.05) is 18.0 Å². The summed E-state index contributed by atoms with van der Waals surface area (Å²) in [5, 5.41) is 13.8. The first kappa shape index (κ1) is 13.1. The van der Waals surface area contributed by atoms with Crippen LogP contribution in [0.1, 0.15) is 17.3 Å². The average Bonchev–Trinajstić information content (AvgIpc) is 2.94. The molecule has 1 aromatic carbocycles. The number of aromatic carboxylic acids is 1. The summed E-state index contributed by atoms with van der Waals surface area (Å²) < 4.78 is 7.38. The van der Waals surface area contributed by atoms with E-state index in [-0.39, 0.29) is 5.56 Å². The van der Waals surface area contributed by atoms with Crippen molar-refractivity contribution in [2.45, 2.75) is 13.5 Å². The van der Waals surface area contributed by atoms with Crippen LogP contribution >= 0.6 is 0 Å². The van der Waals surface area contributed by atoms with Gasteiger partial charge in [-0.2, -0.15) is 5.10 Å². The fourth-order valence-electron chi connectivity index (χ4n) is 2.07. The number of nitrogens with zero attached hydrogens (tertiary/aromatic N) is 3. The zero-order chi connectivity index (χ0) is 14.8. The molecule has 6 nitrogen and oxygen atoms in total. The molecule has 21 heavy (non-hydrogen) atoms. The molecule has 3 aromatic rings. The Balaban J connectivity index is 1.96. The van der Waals surface area contributed by atoms with Gasteiger partial charge in [-0.05, 0) is 25.1 Å². The summed E-state index contributed by atoms with van der Waals surface area (Å²) in [5.41, 5.74) is 0.806. The lowest BCUT2D eigenvalue weighted by Gasteiger charge is -2.05. The van der Waals surface area contributed by atoms with Crippen molar-refractivity contribution >= 4 is 16.9 Å². The standard InChI is InChI=1S/C15H13N3O3/c1-2-18-9-10(8-16-18)21-14-7-6-11-12(15(19)20)4-3-5-13(11)17-14/h3-9H,2H2,1H3,(H,19,20). The highest BCUT2D eigenvalue weighted by Crippen LogP contribution is 2.24. The first-order valence-corrected chi connectivity index (χ1v) is 6.50. The van der Waals surface area contributed by atoms with Crippen molar-refractivity contribution in [3.05, 3.63) is 48.3 Å². The van der Waals surface area contributed by atoms with Crippen LogP contribution in [0.15, 0.2) is 42.7 Å². The van der Waals surface area contributed by atoms with Crippen molar-refractivity contribution in [3.63, 3.8) is 0 Å². The molecular weight excluding hydrogens is 270 g/mol. The number of carboxylic acids is 1. The molecule has 0 radical (unpaired) electrons. The maximum Gasteiger partial charge on any atom is 0.336 e. The van der Waals surface area contributed by atoms with Crippen molar-refractivity contribution in [3.8, 4) is 11.6 Å². The van der Waals surface area contributed by atoms with E-state index in [2.05, 4.69) is 10.1 Å². The zero-order valence-corrected chi connectivity index (χ0v) is 11.4. The van der Waals surface area contributed by atoms with E-state index in [1.54, 1.807) is 47.4 Å². The molecule has 1 N–H and O–H groups in total. The molecule has 0 aliphatic rings. The number of pyridine rings is 1.